The lowest BCUT2D eigenvalue weighted by Crippen LogP contribution is -2.46. The zero-order valence-electron chi connectivity index (χ0n) is 20.4. The first-order valence-corrected chi connectivity index (χ1v) is 11.8. The molecule has 4 rings (SSSR count). The number of hydrogen-bond acceptors (Lipinski definition) is 8. The van der Waals surface area contributed by atoms with Gasteiger partial charge in [0, 0.05) is 12.1 Å². The van der Waals surface area contributed by atoms with E-state index in [9.17, 15) is 4.79 Å². The second kappa shape index (κ2) is 11.7. The molecule has 3 aromatic rings. The van der Waals surface area contributed by atoms with Crippen LogP contribution in [0.5, 0.6) is 17.2 Å². The van der Waals surface area contributed by atoms with Crippen LogP contribution in [0.25, 0.3) is 11.4 Å². The maximum absolute atomic E-state index is 12.9. The van der Waals surface area contributed by atoms with Gasteiger partial charge in [0.25, 0.3) is 0 Å². The van der Waals surface area contributed by atoms with Crippen molar-refractivity contribution in [1.29, 1.82) is 0 Å². The number of likely N-dealkylation sites (tertiary alicyclic amines) is 1. The highest BCUT2D eigenvalue weighted by molar-refractivity contribution is 5.79. The van der Waals surface area contributed by atoms with Crippen molar-refractivity contribution in [2.75, 3.05) is 33.9 Å². The molecule has 1 aromatic heterocycles. The van der Waals surface area contributed by atoms with Crippen molar-refractivity contribution in [2.45, 2.75) is 32.4 Å². The molecule has 1 aliphatic heterocycles. The molecular formula is C26H32N4O5. The third-order valence-corrected chi connectivity index (χ3v) is 5.98. The third kappa shape index (κ3) is 6.51. The molecule has 2 unspecified atom stereocenters. The average molecular weight is 481 g/mol. The fourth-order valence-corrected chi connectivity index (χ4v) is 4.16. The first-order valence-electron chi connectivity index (χ1n) is 11.8. The molecule has 0 aliphatic carbocycles. The molecule has 2 atom stereocenters. The summed E-state index contributed by atoms with van der Waals surface area (Å²) in [7, 11) is 3.18. The van der Waals surface area contributed by atoms with E-state index in [1.165, 1.54) is 0 Å². The van der Waals surface area contributed by atoms with Crippen LogP contribution in [0.15, 0.2) is 53.1 Å². The van der Waals surface area contributed by atoms with Crippen molar-refractivity contribution >= 4 is 5.91 Å². The summed E-state index contributed by atoms with van der Waals surface area (Å²) in [4.78, 5) is 19.6. The Morgan fingerprint density at radius 3 is 2.74 bits per heavy atom. The van der Waals surface area contributed by atoms with Gasteiger partial charge < -0.3 is 24.1 Å². The van der Waals surface area contributed by atoms with Crippen molar-refractivity contribution in [2.24, 2.45) is 5.92 Å². The molecule has 1 amide bonds. The van der Waals surface area contributed by atoms with Gasteiger partial charge in [-0.15, -0.1) is 0 Å². The van der Waals surface area contributed by atoms with Gasteiger partial charge in [0.1, 0.15) is 12.4 Å². The van der Waals surface area contributed by atoms with E-state index >= 15 is 0 Å². The quantitative estimate of drug-likeness (QED) is 0.470. The van der Waals surface area contributed by atoms with Crippen molar-refractivity contribution < 1.29 is 23.5 Å². The molecule has 1 aliphatic rings. The standard InChI is InChI=1S/C26H32N4O5/c1-18(17-34-21-9-5-4-6-10-21)27-26(31)20-8-7-13-30(15-20)16-24-28-25(29-35-24)19-11-12-22(32-2)23(14-19)33-3/h4-6,9-12,14,18,20H,7-8,13,15-17H2,1-3H3,(H,27,31). The molecule has 2 aromatic carbocycles. The molecule has 0 bridgehead atoms. The Kier molecular flexibility index (Phi) is 8.20. The van der Waals surface area contributed by atoms with Gasteiger partial charge in [-0.1, -0.05) is 23.4 Å². The lowest BCUT2D eigenvalue weighted by molar-refractivity contribution is -0.127. The van der Waals surface area contributed by atoms with Crippen LogP contribution in [0, 0.1) is 5.92 Å². The van der Waals surface area contributed by atoms with Crippen LogP contribution in [0.4, 0.5) is 0 Å². The van der Waals surface area contributed by atoms with E-state index in [0.29, 0.717) is 42.9 Å². The van der Waals surface area contributed by atoms with Gasteiger partial charge in [0.2, 0.25) is 17.6 Å². The number of nitrogens with one attached hydrogen (secondary N) is 1. The van der Waals surface area contributed by atoms with Gasteiger partial charge in [-0.2, -0.15) is 4.98 Å². The number of rotatable bonds is 10. The average Bonchev–Trinajstić information content (AvgIpc) is 3.36. The lowest BCUT2D eigenvalue weighted by atomic mass is 9.97. The van der Waals surface area contributed by atoms with E-state index in [1.54, 1.807) is 14.2 Å². The topological polar surface area (TPSA) is 99.0 Å². The van der Waals surface area contributed by atoms with E-state index in [2.05, 4.69) is 20.4 Å². The minimum atomic E-state index is -0.0869. The van der Waals surface area contributed by atoms with E-state index in [0.717, 1.165) is 30.7 Å². The van der Waals surface area contributed by atoms with Crippen molar-refractivity contribution in [3.8, 4) is 28.6 Å². The molecule has 0 spiro atoms. The molecule has 1 fully saturated rings. The lowest BCUT2D eigenvalue weighted by Gasteiger charge is -2.31. The van der Waals surface area contributed by atoms with Gasteiger partial charge in [-0.05, 0) is 56.6 Å². The normalized spacial score (nSPS) is 16.9. The fraction of sp³-hybridized carbons (Fsp3) is 0.423. The van der Waals surface area contributed by atoms with Crippen LogP contribution in [-0.4, -0.2) is 60.9 Å². The van der Waals surface area contributed by atoms with Crippen LogP contribution in [0.2, 0.25) is 0 Å². The molecular weight excluding hydrogens is 448 g/mol. The summed E-state index contributed by atoms with van der Waals surface area (Å²) in [6.07, 6.45) is 1.79. The minimum Gasteiger partial charge on any atom is -0.493 e. The van der Waals surface area contributed by atoms with Crippen LogP contribution >= 0.6 is 0 Å². The van der Waals surface area contributed by atoms with Crippen molar-refractivity contribution in [3.05, 3.63) is 54.4 Å². The monoisotopic (exact) mass is 480 g/mol. The summed E-state index contributed by atoms with van der Waals surface area (Å²) in [5.41, 5.74) is 0.778. The van der Waals surface area contributed by atoms with Gasteiger partial charge in [-0.3, -0.25) is 9.69 Å². The molecule has 0 saturated carbocycles. The number of methoxy groups -OCH3 is 2. The van der Waals surface area contributed by atoms with Gasteiger partial charge in [0.05, 0.1) is 32.7 Å². The highest BCUT2D eigenvalue weighted by atomic mass is 16.5. The van der Waals surface area contributed by atoms with Crippen LogP contribution in [-0.2, 0) is 11.3 Å². The summed E-state index contributed by atoms with van der Waals surface area (Å²) in [6, 6.07) is 15.0. The number of para-hydroxylation sites is 1. The van der Waals surface area contributed by atoms with Crippen LogP contribution < -0.4 is 19.5 Å². The Morgan fingerprint density at radius 2 is 1.97 bits per heavy atom. The van der Waals surface area contributed by atoms with Crippen molar-refractivity contribution in [1.82, 2.24) is 20.4 Å². The molecule has 2 heterocycles. The highest BCUT2D eigenvalue weighted by Crippen LogP contribution is 2.31. The van der Waals surface area contributed by atoms with Crippen LogP contribution in [0.1, 0.15) is 25.7 Å². The summed E-state index contributed by atoms with van der Waals surface area (Å²) in [5.74, 6) is 3.00. The molecule has 186 valence electrons. The number of ether oxygens (including phenoxy) is 3. The molecule has 9 heteroatoms. The summed E-state index contributed by atoms with van der Waals surface area (Å²) in [5, 5.41) is 7.21. The van der Waals surface area contributed by atoms with E-state index in [4.69, 9.17) is 18.7 Å². The predicted molar refractivity (Wildman–Crippen MR) is 130 cm³/mol. The second-order valence-electron chi connectivity index (χ2n) is 8.69. The summed E-state index contributed by atoms with van der Waals surface area (Å²) in [6.45, 7) is 4.40. The Bertz CT molecular complexity index is 1100. The third-order valence-electron chi connectivity index (χ3n) is 5.98. The Hall–Kier alpha value is -3.59. The minimum absolute atomic E-state index is 0.0513. The molecule has 9 nitrogen and oxygen atoms in total. The summed E-state index contributed by atoms with van der Waals surface area (Å²) >= 11 is 0. The number of piperidine rings is 1. The predicted octanol–water partition coefficient (Wildman–Crippen LogP) is 3.55. The number of nitrogens with zero attached hydrogens (tertiary/aromatic N) is 3. The summed E-state index contributed by atoms with van der Waals surface area (Å²) < 4.78 is 21.9. The smallest absolute Gasteiger partial charge is 0.241 e. The Balaban J connectivity index is 1.29. The molecule has 35 heavy (non-hydrogen) atoms. The van der Waals surface area contributed by atoms with Gasteiger partial charge in [-0.25, -0.2) is 0 Å². The zero-order chi connectivity index (χ0) is 24.6. The van der Waals surface area contributed by atoms with E-state index in [1.807, 2.05) is 55.5 Å². The largest absolute Gasteiger partial charge is 0.493 e. The van der Waals surface area contributed by atoms with E-state index < -0.39 is 0 Å². The SMILES string of the molecule is COc1ccc(-c2noc(CN3CCCC(C(=O)NC(C)COc4ccccc4)C3)n2)cc1OC. The molecule has 0 radical (unpaired) electrons. The zero-order valence-corrected chi connectivity index (χ0v) is 20.4. The first kappa shape index (κ1) is 24.5. The number of carbonyl (C=O) groups excluding carboxylic acids is 1. The number of aromatic nitrogens is 2. The second-order valence-corrected chi connectivity index (χ2v) is 8.69. The number of carbonyl (C=O) groups is 1. The van der Waals surface area contributed by atoms with Crippen LogP contribution in [0.3, 0.4) is 0 Å². The van der Waals surface area contributed by atoms with E-state index in [-0.39, 0.29) is 17.9 Å². The molecule has 1 saturated heterocycles. The number of hydrogen-bond donors (Lipinski definition) is 1. The first-order chi connectivity index (χ1) is 17.1. The maximum atomic E-state index is 12.9. The fourth-order valence-electron chi connectivity index (χ4n) is 4.16. The molecule has 1 N–H and O–H groups in total. The number of amides is 1. The number of benzene rings is 2. The highest BCUT2D eigenvalue weighted by Gasteiger charge is 2.27. The van der Waals surface area contributed by atoms with Gasteiger partial charge in [0.15, 0.2) is 11.5 Å². The maximum Gasteiger partial charge on any atom is 0.241 e. The van der Waals surface area contributed by atoms with Gasteiger partial charge >= 0.3 is 0 Å². The Labute approximate surface area is 205 Å². The van der Waals surface area contributed by atoms with Crippen molar-refractivity contribution in [3.63, 3.8) is 0 Å². The Morgan fingerprint density at radius 1 is 1.17 bits per heavy atom.